The van der Waals surface area contributed by atoms with Gasteiger partial charge in [0.2, 0.25) is 12.7 Å². The summed E-state index contributed by atoms with van der Waals surface area (Å²) in [5.74, 6) is 0.532. The van der Waals surface area contributed by atoms with Crippen LogP contribution >= 0.6 is 0 Å². The normalized spacial score (nSPS) is 9.95. The molecule has 98 valence electrons. The Morgan fingerprint density at radius 1 is 1.32 bits per heavy atom. The van der Waals surface area contributed by atoms with Crippen LogP contribution in [0.15, 0.2) is 48.8 Å². The smallest absolute Gasteiger partial charge is 0.290 e. The molecule has 1 heterocycles. The van der Waals surface area contributed by atoms with Crippen LogP contribution in [0.2, 0.25) is 0 Å². The number of aromatic nitrogens is 1. The second kappa shape index (κ2) is 5.86. The first-order valence-corrected chi connectivity index (χ1v) is 5.80. The van der Waals surface area contributed by atoms with E-state index < -0.39 is 0 Å². The Labute approximate surface area is 111 Å². The monoisotopic (exact) mass is 259 g/mol. The number of hydrogen-bond acceptors (Lipinski definition) is 3. The molecule has 2 rings (SSSR count). The van der Waals surface area contributed by atoms with Gasteiger partial charge in [-0.05, 0) is 18.2 Å². The molecule has 0 radical (unpaired) electrons. The third kappa shape index (κ3) is 3.45. The summed E-state index contributed by atoms with van der Waals surface area (Å²) >= 11 is 0. The lowest BCUT2D eigenvalue weighted by molar-refractivity contribution is -0.684. The van der Waals surface area contributed by atoms with Crippen LogP contribution in [0.1, 0.15) is 0 Å². The molecule has 0 aliphatic carbocycles. The van der Waals surface area contributed by atoms with Crippen LogP contribution in [0.4, 0.5) is 5.69 Å². The van der Waals surface area contributed by atoms with E-state index in [4.69, 9.17) is 4.74 Å². The van der Waals surface area contributed by atoms with Crippen molar-refractivity contribution >= 4 is 11.6 Å². The summed E-state index contributed by atoms with van der Waals surface area (Å²) in [6.07, 6.45) is 3.20. The van der Waals surface area contributed by atoms with Gasteiger partial charge >= 0.3 is 0 Å². The fraction of sp³-hybridized carbons (Fsp3) is 0.143. The van der Waals surface area contributed by atoms with Crippen molar-refractivity contribution < 1.29 is 19.2 Å². The molecule has 0 bridgehead atoms. The van der Waals surface area contributed by atoms with E-state index in [1.165, 1.54) is 6.20 Å². The highest BCUT2D eigenvalue weighted by atomic mass is 16.5. The number of methoxy groups -OCH3 is 1. The molecule has 19 heavy (non-hydrogen) atoms. The lowest BCUT2D eigenvalue weighted by atomic mass is 10.3. The van der Waals surface area contributed by atoms with Gasteiger partial charge < -0.3 is 15.2 Å². The van der Waals surface area contributed by atoms with Crippen LogP contribution in [0.5, 0.6) is 11.5 Å². The zero-order chi connectivity index (χ0) is 13.7. The van der Waals surface area contributed by atoms with E-state index in [1.54, 1.807) is 42.1 Å². The number of aromatic hydroxyl groups is 1. The summed E-state index contributed by atoms with van der Waals surface area (Å²) < 4.78 is 6.75. The molecule has 0 atom stereocenters. The molecule has 1 aromatic heterocycles. The average molecular weight is 259 g/mol. The molecule has 5 nitrogen and oxygen atoms in total. The zero-order valence-electron chi connectivity index (χ0n) is 10.5. The predicted molar refractivity (Wildman–Crippen MR) is 69.9 cm³/mol. The number of benzene rings is 1. The van der Waals surface area contributed by atoms with E-state index in [0.717, 1.165) is 0 Å². The van der Waals surface area contributed by atoms with Gasteiger partial charge in [0.25, 0.3) is 5.91 Å². The third-order valence-corrected chi connectivity index (χ3v) is 2.55. The van der Waals surface area contributed by atoms with Crippen molar-refractivity contribution in [3.63, 3.8) is 0 Å². The van der Waals surface area contributed by atoms with Crippen molar-refractivity contribution in [2.24, 2.45) is 0 Å². The number of ether oxygens (including phenoxy) is 1. The molecule has 0 saturated heterocycles. The number of amides is 1. The van der Waals surface area contributed by atoms with Crippen molar-refractivity contribution in [2.45, 2.75) is 6.54 Å². The van der Waals surface area contributed by atoms with Gasteiger partial charge in [0.15, 0.2) is 11.9 Å². The maximum Gasteiger partial charge on any atom is 0.290 e. The quantitative estimate of drug-likeness (QED) is 0.814. The van der Waals surface area contributed by atoms with E-state index in [2.05, 4.69) is 5.32 Å². The highest BCUT2D eigenvalue weighted by molar-refractivity contribution is 5.91. The summed E-state index contributed by atoms with van der Waals surface area (Å²) in [6.45, 7) is 0.118. The van der Waals surface area contributed by atoms with Crippen molar-refractivity contribution in [1.29, 1.82) is 0 Å². The number of para-hydroxylation sites is 2. The largest absolute Gasteiger partial charge is 0.503 e. The van der Waals surface area contributed by atoms with Crippen LogP contribution < -0.4 is 14.6 Å². The molecular weight excluding hydrogens is 244 g/mol. The van der Waals surface area contributed by atoms with Gasteiger partial charge in [-0.2, -0.15) is 4.57 Å². The summed E-state index contributed by atoms with van der Waals surface area (Å²) in [4.78, 5) is 11.9. The fourth-order valence-corrected chi connectivity index (χ4v) is 1.71. The molecule has 0 aliphatic rings. The first-order valence-electron chi connectivity index (χ1n) is 5.80. The number of carbonyl (C=O) groups excluding carboxylic acids is 1. The fourth-order valence-electron chi connectivity index (χ4n) is 1.71. The Morgan fingerprint density at radius 3 is 2.84 bits per heavy atom. The maximum absolute atomic E-state index is 11.9. The molecule has 2 aromatic rings. The molecule has 0 fully saturated rings. The number of rotatable bonds is 4. The number of carbonyl (C=O) groups is 1. The minimum atomic E-state index is -0.194. The molecule has 0 unspecified atom stereocenters. The van der Waals surface area contributed by atoms with Gasteiger partial charge in [0.1, 0.15) is 5.75 Å². The number of nitrogens with zero attached hydrogens (tertiary/aromatic N) is 1. The highest BCUT2D eigenvalue weighted by Gasteiger charge is 2.12. The summed E-state index contributed by atoms with van der Waals surface area (Å²) in [7, 11) is 1.55. The Balaban J connectivity index is 2.05. The zero-order valence-corrected chi connectivity index (χ0v) is 10.5. The van der Waals surface area contributed by atoms with Gasteiger partial charge in [-0.15, -0.1) is 0 Å². The first kappa shape index (κ1) is 12.9. The predicted octanol–water partition coefficient (Wildman–Crippen LogP) is 1.33. The van der Waals surface area contributed by atoms with Gasteiger partial charge in [-0.25, -0.2) is 0 Å². The van der Waals surface area contributed by atoms with Crippen LogP contribution in [-0.4, -0.2) is 18.1 Å². The molecule has 0 aliphatic heterocycles. The summed E-state index contributed by atoms with van der Waals surface area (Å²) in [5.41, 5.74) is 0.621. The van der Waals surface area contributed by atoms with E-state index in [1.807, 2.05) is 12.1 Å². The van der Waals surface area contributed by atoms with E-state index in [0.29, 0.717) is 11.4 Å². The van der Waals surface area contributed by atoms with Crippen molar-refractivity contribution in [2.75, 3.05) is 12.4 Å². The highest BCUT2D eigenvalue weighted by Crippen LogP contribution is 2.22. The van der Waals surface area contributed by atoms with Crippen LogP contribution in [0.25, 0.3) is 0 Å². The van der Waals surface area contributed by atoms with E-state index >= 15 is 0 Å². The Morgan fingerprint density at radius 2 is 2.11 bits per heavy atom. The molecule has 1 amide bonds. The minimum Gasteiger partial charge on any atom is -0.503 e. The Bertz CT molecular complexity index is 584. The Hall–Kier alpha value is -2.56. The van der Waals surface area contributed by atoms with Crippen LogP contribution in [0, 0.1) is 0 Å². The van der Waals surface area contributed by atoms with E-state index in [-0.39, 0.29) is 18.2 Å². The number of anilines is 1. The van der Waals surface area contributed by atoms with Gasteiger partial charge in [0, 0.05) is 6.07 Å². The molecule has 0 saturated carbocycles. The molecule has 5 heteroatoms. The average Bonchev–Trinajstić information content (AvgIpc) is 2.39. The second-order valence-corrected chi connectivity index (χ2v) is 3.98. The summed E-state index contributed by atoms with van der Waals surface area (Å²) in [6, 6.07) is 10.4. The van der Waals surface area contributed by atoms with Crippen molar-refractivity contribution in [1.82, 2.24) is 0 Å². The topological polar surface area (TPSA) is 62.4 Å². The van der Waals surface area contributed by atoms with Crippen molar-refractivity contribution in [3.8, 4) is 11.5 Å². The number of hydrogen-bond donors (Lipinski definition) is 2. The maximum atomic E-state index is 11.9. The van der Waals surface area contributed by atoms with Crippen molar-refractivity contribution in [3.05, 3.63) is 48.8 Å². The first-order chi connectivity index (χ1) is 9.19. The third-order valence-electron chi connectivity index (χ3n) is 2.55. The number of pyridine rings is 1. The molecule has 0 spiro atoms. The molecule has 2 N–H and O–H groups in total. The molecule has 1 aromatic carbocycles. The number of nitrogens with one attached hydrogen (secondary N) is 1. The molecular formula is C14H15N2O3+. The van der Waals surface area contributed by atoms with Gasteiger partial charge in [-0.1, -0.05) is 12.1 Å². The van der Waals surface area contributed by atoms with Crippen LogP contribution in [0.3, 0.4) is 0 Å². The van der Waals surface area contributed by atoms with Gasteiger partial charge in [-0.3, -0.25) is 4.79 Å². The standard InChI is InChI=1S/C14H14N2O3/c1-19-13-7-3-2-6-12(13)15-14(18)10-16-8-4-5-11(17)9-16/h2-9H,10H2,1H3,(H-,15,17,18)/p+1. The SMILES string of the molecule is COc1ccccc1NC(=O)C[n+]1cccc(O)c1. The minimum absolute atomic E-state index is 0.118. The summed E-state index contributed by atoms with van der Waals surface area (Å²) in [5, 5.41) is 12.1. The lowest BCUT2D eigenvalue weighted by Gasteiger charge is -2.08. The van der Waals surface area contributed by atoms with E-state index in [9.17, 15) is 9.90 Å². The lowest BCUT2D eigenvalue weighted by Crippen LogP contribution is -2.39. The van der Waals surface area contributed by atoms with Gasteiger partial charge in [0.05, 0.1) is 12.8 Å². The van der Waals surface area contributed by atoms with Crippen LogP contribution in [-0.2, 0) is 11.3 Å². The Kier molecular flexibility index (Phi) is 3.97. The second-order valence-electron chi connectivity index (χ2n) is 3.98.